The average molecular weight is 565 g/mol. The van der Waals surface area contributed by atoms with Crippen molar-refractivity contribution in [3.8, 4) is 5.88 Å². The third-order valence-electron chi connectivity index (χ3n) is 8.09. The first-order valence-corrected chi connectivity index (χ1v) is 13.7. The highest BCUT2D eigenvalue weighted by Gasteiger charge is 2.48. The lowest BCUT2D eigenvalue weighted by Crippen LogP contribution is -2.56. The number of fused-ring (bicyclic) bond motifs is 2. The van der Waals surface area contributed by atoms with Gasteiger partial charge < -0.3 is 30.2 Å². The van der Waals surface area contributed by atoms with Crippen LogP contribution < -0.4 is 15.8 Å². The molecule has 11 nitrogen and oxygen atoms in total. The Morgan fingerprint density at radius 3 is 2.68 bits per heavy atom. The molecule has 0 radical (unpaired) electrons. The number of nitrogens with two attached hydrogens (primary N) is 1. The summed E-state index contributed by atoms with van der Waals surface area (Å²) in [4.78, 5) is 40.0. The summed E-state index contributed by atoms with van der Waals surface area (Å²) < 4.78 is 30.2. The van der Waals surface area contributed by atoms with Crippen LogP contribution in [0.5, 0.6) is 5.88 Å². The van der Waals surface area contributed by atoms with Crippen LogP contribution in [-0.4, -0.2) is 76.9 Å². The predicted molar refractivity (Wildman–Crippen MR) is 148 cm³/mol. The standard InChI is InChI=1S/C29H33FN6O5/c1-14-15(2)40-28(38)17-5-6-23(35-25(14)17)34-24-8-18-20(9-32-24)26(33-10-21(18)29(3,31)13-39-4)41-16-11-36(12-16)27(37)19-7-22(19)30/h5-6,8-10,14-16,19,22H,7,11-13,31H2,1-4H3,(H,32,34,35)/t14-,15-,19-,22+,29?/m0/s1. The predicted octanol–water partition coefficient (Wildman–Crippen LogP) is 3.20. The van der Waals surface area contributed by atoms with E-state index in [4.69, 9.17) is 24.9 Å². The largest absolute Gasteiger partial charge is 0.470 e. The van der Waals surface area contributed by atoms with Crippen molar-refractivity contribution >= 4 is 34.3 Å². The zero-order valence-electron chi connectivity index (χ0n) is 23.4. The molecule has 12 heteroatoms. The van der Waals surface area contributed by atoms with Crippen LogP contribution in [0, 0.1) is 5.92 Å². The Bertz CT molecular complexity index is 1530. The molecule has 3 aliphatic rings. The molecule has 1 amide bonds. The summed E-state index contributed by atoms with van der Waals surface area (Å²) in [5.74, 6) is 0.331. The van der Waals surface area contributed by atoms with Gasteiger partial charge in [-0.25, -0.2) is 24.1 Å². The van der Waals surface area contributed by atoms with Crippen LogP contribution in [0.15, 0.2) is 30.6 Å². The first kappa shape index (κ1) is 27.3. The van der Waals surface area contributed by atoms with Gasteiger partial charge in [0.15, 0.2) is 0 Å². The van der Waals surface area contributed by atoms with Crippen LogP contribution in [0.2, 0.25) is 0 Å². The molecule has 3 N–H and O–H groups in total. The van der Waals surface area contributed by atoms with E-state index in [1.807, 2.05) is 26.8 Å². The second-order valence-electron chi connectivity index (χ2n) is 11.4. The van der Waals surface area contributed by atoms with E-state index >= 15 is 0 Å². The Labute approximate surface area is 236 Å². The molecule has 0 bridgehead atoms. The number of ether oxygens (including phenoxy) is 3. The van der Waals surface area contributed by atoms with E-state index in [0.29, 0.717) is 53.7 Å². The van der Waals surface area contributed by atoms with Crippen LogP contribution in [-0.2, 0) is 19.8 Å². The van der Waals surface area contributed by atoms with Crippen LogP contribution in [0.4, 0.5) is 16.0 Å². The number of rotatable bonds is 8. The molecular formula is C29H33FN6O5. The maximum atomic E-state index is 13.3. The van der Waals surface area contributed by atoms with E-state index in [2.05, 4.69) is 15.3 Å². The highest BCUT2D eigenvalue weighted by atomic mass is 19.1. The summed E-state index contributed by atoms with van der Waals surface area (Å²) in [6.45, 7) is 6.70. The minimum Gasteiger partial charge on any atom is -0.470 e. The molecule has 0 aromatic carbocycles. The summed E-state index contributed by atoms with van der Waals surface area (Å²) in [6, 6.07) is 5.27. The lowest BCUT2D eigenvalue weighted by molar-refractivity contribution is -0.141. The van der Waals surface area contributed by atoms with Crippen LogP contribution in [0.3, 0.4) is 0 Å². The number of cyclic esters (lactones) is 1. The second kappa shape index (κ2) is 10.2. The molecule has 2 aliphatic heterocycles. The van der Waals surface area contributed by atoms with Crippen LogP contribution in [0.1, 0.15) is 54.7 Å². The summed E-state index contributed by atoms with van der Waals surface area (Å²) in [5, 5.41) is 4.67. The molecule has 0 spiro atoms. The second-order valence-corrected chi connectivity index (χ2v) is 11.4. The normalized spacial score (nSPS) is 25.1. The molecule has 5 heterocycles. The summed E-state index contributed by atoms with van der Waals surface area (Å²) in [7, 11) is 1.59. The number of alkyl halides is 1. The molecular weight excluding hydrogens is 531 g/mol. The van der Waals surface area contributed by atoms with Crippen molar-refractivity contribution in [3.05, 3.63) is 47.4 Å². The molecule has 5 atom stereocenters. The summed E-state index contributed by atoms with van der Waals surface area (Å²) in [5.41, 5.74) is 7.65. The van der Waals surface area contributed by atoms with Gasteiger partial charge in [-0.1, -0.05) is 6.92 Å². The fourth-order valence-electron chi connectivity index (χ4n) is 5.36. The summed E-state index contributed by atoms with van der Waals surface area (Å²) >= 11 is 0. The van der Waals surface area contributed by atoms with Crippen molar-refractivity contribution in [2.45, 2.75) is 57.0 Å². The van der Waals surface area contributed by atoms with Gasteiger partial charge in [0.1, 0.15) is 30.0 Å². The molecule has 1 saturated carbocycles. The van der Waals surface area contributed by atoms with E-state index in [-0.39, 0.29) is 36.6 Å². The van der Waals surface area contributed by atoms with Gasteiger partial charge in [-0.2, -0.15) is 0 Å². The maximum absolute atomic E-state index is 13.3. The minimum absolute atomic E-state index is 0.0567. The lowest BCUT2D eigenvalue weighted by atomic mass is 9.91. The molecule has 1 unspecified atom stereocenters. The topological polar surface area (TPSA) is 142 Å². The number of nitrogens with zero attached hydrogens (tertiary/aromatic N) is 4. The zero-order chi connectivity index (χ0) is 29.1. The number of carbonyl (C=O) groups is 2. The van der Waals surface area contributed by atoms with E-state index in [0.717, 1.165) is 10.9 Å². The van der Waals surface area contributed by atoms with E-state index in [1.165, 1.54) is 0 Å². The number of nitrogens with one attached hydrogen (secondary N) is 1. The Hall–Kier alpha value is -3.90. The molecule has 3 aromatic rings. The Morgan fingerprint density at radius 1 is 1.22 bits per heavy atom. The Balaban J connectivity index is 1.28. The maximum Gasteiger partial charge on any atom is 0.340 e. The third kappa shape index (κ3) is 5.06. The highest BCUT2D eigenvalue weighted by molar-refractivity contribution is 5.93. The van der Waals surface area contributed by atoms with E-state index in [9.17, 15) is 14.0 Å². The van der Waals surface area contributed by atoms with Gasteiger partial charge in [0, 0.05) is 31.0 Å². The Morgan fingerprint density at radius 2 is 1.98 bits per heavy atom. The first-order chi connectivity index (χ1) is 19.6. The number of pyridine rings is 3. The zero-order valence-corrected chi connectivity index (χ0v) is 23.4. The molecule has 216 valence electrons. The average Bonchev–Trinajstić information content (AvgIpc) is 3.65. The van der Waals surface area contributed by atoms with Crippen molar-refractivity contribution in [2.24, 2.45) is 11.7 Å². The van der Waals surface area contributed by atoms with Gasteiger partial charge in [0.05, 0.1) is 47.8 Å². The van der Waals surface area contributed by atoms with Crippen molar-refractivity contribution in [1.29, 1.82) is 0 Å². The first-order valence-electron chi connectivity index (χ1n) is 13.7. The van der Waals surface area contributed by atoms with E-state index < -0.39 is 17.6 Å². The number of hydrogen-bond acceptors (Lipinski definition) is 10. The molecule has 2 fully saturated rings. The third-order valence-corrected chi connectivity index (χ3v) is 8.09. The number of likely N-dealkylation sites (tertiary alicyclic amines) is 1. The van der Waals surface area contributed by atoms with Gasteiger partial charge in [-0.15, -0.1) is 0 Å². The lowest BCUT2D eigenvalue weighted by Gasteiger charge is -2.39. The molecule has 41 heavy (non-hydrogen) atoms. The number of methoxy groups -OCH3 is 1. The number of hydrogen-bond donors (Lipinski definition) is 2. The number of carbonyl (C=O) groups excluding carboxylic acids is 2. The number of amides is 1. The minimum atomic E-state index is -1.02. The SMILES string of the molecule is COCC(C)(N)c1cnc(OC2CN(C(=O)[C@H]3C[C@H]3F)C2)c2cnc(Nc3ccc4c(n3)[C@@H](C)[C@H](C)OC4=O)cc12. The molecule has 1 aliphatic carbocycles. The van der Waals surface area contributed by atoms with Crippen molar-refractivity contribution in [1.82, 2.24) is 19.9 Å². The van der Waals surface area contributed by atoms with Crippen molar-refractivity contribution in [3.63, 3.8) is 0 Å². The molecule has 3 aromatic heterocycles. The van der Waals surface area contributed by atoms with Gasteiger partial charge in [0.2, 0.25) is 11.8 Å². The smallest absolute Gasteiger partial charge is 0.340 e. The van der Waals surface area contributed by atoms with Gasteiger partial charge in [-0.3, -0.25) is 4.79 Å². The molecule has 1 saturated heterocycles. The number of anilines is 2. The number of esters is 1. The van der Waals surface area contributed by atoms with Gasteiger partial charge >= 0.3 is 5.97 Å². The number of aromatic nitrogens is 3. The molecule has 6 rings (SSSR count). The Kier molecular flexibility index (Phi) is 6.77. The monoisotopic (exact) mass is 564 g/mol. The van der Waals surface area contributed by atoms with Crippen LogP contribution in [0.25, 0.3) is 10.8 Å². The fraction of sp³-hybridized carbons (Fsp3) is 0.483. The number of halogens is 1. The summed E-state index contributed by atoms with van der Waals surface area (Å²) in [6.07, 6.45) is 2.09. The van der Waals surface area contributed by atoms with E-state index in [1.54, 1.807) is 36.5 Å². The van der Waals surface area contributed by atoms with Crippen molar-refractivity contribution in [2.75, 3.05) is 32.1 Å². The van der Waals surface area contributed by atoms with Gasteiger partial charge in [-0.05, 0) is 43.9 Å². The van der Waals surface area contributed by atoms with Gasteiger partial charge in [0.25, 0.3) is 0 Å². The van der Waals surface area contributed by atoms with Crippen LogP contribution >= 0.6 is 0 Å². The van der Waals surface area contributed by atoms with Crippen molar-refractivity contribution < 1.29 is 28.2 Å². The fourth-order valence-corrected chi connectivity index (χ4v) is 5.36. The quantitative estimate of drug-likeness (QED) is 0.392. The highest BCUT2D eigenvalue weighted by Crippen LogP contribution is 2.38.